The lowest BCUT2D eigenvalue weighted by atomic mass is 10.0. The van der Waals surface area contributed by atoms with Gasteiger partial charge in [-0.1, -0.05) is 12.1 Å². The Labute approximate surface area is 95.1 Å². The molecule has 3 heteroatoms. The number of benzene rings is 1. The Morgan fingerprint density at radius 3 is 2.50 bits per heavy atom. The Hall–Kier alpha value is -0.930. The Morgan fingerprint density at radius 2 is 2.00 bits per heavy atom. The number of hydrogen-bond acceptors (Lipinski definition) is 2. The van der Waals surface area contributed by atoms with E-state index < -0.39 is 6.10 Å². The van der Waals surface area contributed by atoms with Gasteiger partial charge in [-0.05, 0) is 36.5 Å². The first-order valence-corrected chi connectivity index (χ1v) is 5.66. The Balaban J connectivity index is 1.94. The van der Waals surface area contributed by atoms with E-state index in [1.54, 1.807) is 19.2 Å². The molecule has 0 heterocycles. The van der Waals surface area contributed by atoms with E-state index in [0.29, 0.717) is 12.3 Å². The molecule has 0 amide bonds. The molecule has 0 aromatic heterocycles. The fourth-order valence-electron chi connectivity index (χ4n) is 2.07. The summed E-state index contributed by atoms with van der Waals surface area (Å²) < 4.78 is 18.0. The first-order chi connectivity index (χ1) is 7.70. The fraction of sp³-hybridized carbons (Fsp3) is 0.538. The molecule has 2 unspecified atom stereocenters. The smallest absolute Gasteiger partial charge is 0.123 e. The van der Waals surface area contributed by atoms with Gasteiger partial charge in [-0.25, -0.2) is 4.39 Å². The lowest BCUT2D eigenvalue weighted by molar-refractivity contribution is -0.0237. The van der Waals surface area contributed by atoms with Crippen LogP contribution in [-0.4, -0.2) is 24.4 Å². The van der Waals surface area contributed by atoms with Crippen molar-refractivity contribution in [3.8, 4) is 0 Å². The Bertz CT molecular complexity index is 332. The lowest BCUT2D eigenvalue weighted by Gasteiger charge is -2.21. The molecule has 1 aliphatic rings. The number of aliphatic hydroxyl groups excluding tert-OH is 1. The molecule has 2 nitrogen and oxygen atoms in total. The van der Waals surface area contributed by atoms with Crippen molar-refractivity contribution in [3.05, 3.63) is 35.6 Å². The number of hydrogen-bond donors (Lipinski definition) is 1. The van der Waals surface area contributed by atoms with Crippen LogP contribution in [0.25, 0.3) is 0 Å². The Kier molecular flexibility index (Phi) is 3.56. The van der Waals surface area contributed by atoms with Crippen molar-refractivity contribution in [2.75, 3.05) is 7.11 Å². The van der Waals surface area contributed by atoms with Crippen LogP contribution in [0.1, 0.15) is 18.4 Å². The monoisotopic (exact) mass is 224 g/mol. The van der Waals surface area contributed by atoms with Crippen molar-refractivity contribution >= 4 is 0 Å². The van der Waals surface area contributed by atoms with Crippen molar-refractivity contribution in [2.45, 2.75) is 31.5 Å². The van der Waals surface area contributed by atoms with E-state index in [1.165, 1.54) is 12.1 Å². The van der Waals surface area contributed by atoms with Crippen molar-refractivity contribution in [3.63, 3.8) is 0 Å². The van der Waals surface area contributed by atoms with E-state index >= 15 is 0 Å². The fourth-order valence-corrected chi connectivity index (χ4v) is 2.07. The highest BCUT2D eigenvalue weighted by molar-refractivity contribution is 5.17. The summed E-state index contributed by atoms with van der Waals surface area (Å²) in [6.45, 7) is 0. The second kappa shape index (κ2) is 4.93. The second-order valence-electron chi connectivity index (χ2n) is 4.44. The average molecular weight is 224 g/mol. The van der Waals surface area contributed by atoms with Crippen molar-refractivity contribution in [1.82, 2.24) is 0 Å². The minimum atomic E-state index is -0.497. The molecule has 0 bridgehead atoms. The maximum atomic E-state index is 12.7. The molecule has 1 saturated carbocycles. The maximum Gasteiger partial charge on any atom is 0.123 e. The number of rotatable bonds is 5. The van der Waals surface area contributed by atoms with Crippen LogP contribution in [-0.2, 0) is 11.2 Å². The molecule has 0 saturated heterocycles. The molecule has 2 atom stereocenters. The summed E-state index contributed by atoms with van der Waals surface area (Å²) >= 11 is 0. The number of aliphatic hydroxyl groups is 1. The third-order valence-electron chi connectivity index (χ3n) is 3.10. The molecule has 0 aliphatic heterocycles. The SMILES string of the molecule is COC(C(O)Cc1ccc(F)cc1)C1CC1. The molecule has 1 aromatic carbocycles. The van der Waals surface area contributed by atoms with Gasteiger partial charge in [0, 0.05) is 13.5 Å². The molecule has 1 fully saturated rings. The van der Waals surface area contributed by atoms with Crippen LogP contribution < -0.4 is 0 Å². The van der Waals surface area contributed by atoms with Crippen LogP contribution >= 0.6 is 0 Å². The summed E-state index contributed by atoms with van der Waals surface area (Å²) in [5, 5.41) is 10.0. The third-order valence-corrected chi connectivity index (χ3v) is 3.10. The highest BCUT2D eigenvalue weighted by Crippen LogP contribution is 2.36. The summed E-state index contributed by atoms with van der Waals surface area (Å²) in [7, 11) is 1.64. The summed E-state index contributed by atoms with van der Waals surface area (Å²) in [6.07, 6.45) is 2.22. The van der Waals surface area contributed by atoms with Crippen LogP contribution in [0, 0.1) is 11.7 Å². The van der Waals surface area contributed by atoms with Crippen molar-refractivity contribution < 1.29 is 14.2 Å². The number of ether oxygens (including phenoxy) is 1. The maximum absolute atomic E-state index is 12.7. The van der Waals surface area contributed by atoms with Crippen molar-refractivity contribution in [1.29, 1.82) is 0 Å². The predicted molar refractivity (Wildman–Crippen MR) is 59.6 cm³/mol. The van der Waals surface area contributed by atoms with Gasteiger partial charge >= 0.3 is 0 Å². The molecule has 16 heavy (non-hydrogen) atoms. The molecule has 1 N–H and O–H groups in total. The van der Waals surface area contributed by atoms with Gasteiger partial charge in [-0.15, -0.1) is 0 Å². The van der Waals surface area contributed by atoms with Crippen LogP contribution in [0.2, 0.25) is 0 Å². The van der Waals surface area contributed by atoms with E-state index in [1.807, 2.05) is 0 Å². The largest absolute Gasteiger partial charge is 0.390 e. The standard InChI is InChI=1S/C13H17FO2/c1-16-13(10-4-5-10)12(15)8-9-2-6-11(14)7-3-9/h2-3,6-7,10,12-13,15H,4-5,8H2,1H3. The predicted octanol–water partition coefficient (Wildman–Crippen LogP) is 2.15. The first-order valence-electron chi connectivity index (χ1n) is 5.66. The summed E-state index contributed by atoms with van der Waals surface area (Å²) in [5.74, 6) is 0.254. The van der Waals surface area contributed by atoms with E-state index in [0.717, 1.165) is 18.4 Å². The molecule has 1 aromatic rings. The minimum absolute atomic E-state index is 0.0787. The topological polar surface area (TPSA) is 29.5 Å². The van der Waals surface area contributed by atoms with Crippen LogP contribution in [0.15, 0.2) is 24.3 Å². The van der Waals surface area contributed by atoms with Gasteiger partial charge in [0.25, 0.3) is 0 Å². The van der Waals surface area contributed by atoms with Gasteiger partial charge in [0.05, 0.1) is 12.2 Å². The van der Waals surface area contributed by atoms with E-state index in [9.17, 15) is 9.50 Å². The van der Waals surface area contributed by atoms with Gasteiger partial charge in [-0.3, -0.25) is 0 Å². The molecule has 1 aliphatic carbocycles. The lowest BCUT2D eigenvalue weighted by Crippen LogP contribution is -2.31. The van der Waals surface area contributed by atoms with E-state index in [-0.39, 0.29) is 11.9 Å². The Morgan fingerprint density at radius 1 is 1.38 bits per heavy atom. The molecular weight excluding hydrogens is 207 g/mol. The molecule has 88 valence electrons. The molecule has 0 radical (unpaired) electrons. The van der Waals surface area contributed by atoms with E-state index in [4.69, 9.17) is 4.74 Å². The van der Waals surface area contributed by atoms with Gasteiger partial charge < -0.3 is 9.84 Å². The minimum Gasteiger partial charge on any atom is -0.390 e. The second-order valence-corrected chi connectivity index (χ2v) is 4.44. The van der Waals surface area contributed by atoms with Crippen molar-refractivity contribution in [2.24, 2.45) is 5.92 Å². The van der Waals surface area contributed by atoms with Crippen LogP contribution in [0.5, 0.6) is 0 Å². The highest BCUT2D eigenvalue weighted by Gasteiger charge is 2.35. The zero-order valence-electron chi connectivity index (χ0n) is 9.40. The first kappa shape index (κ1) is 11.6. The molecule has 2 rings (SSSR count). The summed E-state index contributed by atoms with van der Waals surface area (Å²) in [4.78, 5) is 0. The van der Waals surface area contributed by atoms with Gasteiger partial charge in [0.15, 0.2) is 0 Å². The van der Waals surface area contributed by atoms with Gasteiger partial charge in [0.1, 0.15) is 5.82 Å². The number of halogens is 1. The summed E-state index contributed by atoms with van der Waals surface area (Å²) in [6, 6.07) is 6.25. The van der Waals surface area contributed by atoms with Crippen LogP contribution in [0.3, 0.4) is 0 Å². The van der Waals surface area contributed by atoms with Gasteiger partial charge in [0.2, 0.25) is 0 Å². The van der Waals surface area contributed by atoms with Crippen LogP contribution in [0.4, 0.5) is 4.39 Å². The normalized spacial score (nSPS) is 19.4. The quantitative estimate of drug-likeness (QED) is 0.830. The number of methoxy groups -OCH3 is 1. The average Bonchev–Trinajstić information content (AvgIpc) is 3.07. The highest BCUT2D eigenvalue weighted by atomic mass is 19.1. The molecule has 0 spiro atoms. The third kappa shape index (κ3) is 2.80. The zero-order chi connectivity index (χ0) is 11.5. The van der Waals surface area contributed by atoms with Gasteiger partial charge in [-0.2, -0.15) is 0 Å². The summed E-state index contributed by atoms with van der Waals surface area (Å²) in [5.41, 5.74) is 0.941. The van der Waals surface area contributed by atoms with E-state index in [2.05, 4.69) is 0 Å². The molecular formula is C13H17FO2. The zero-order valence-corrected chi connectivity index (χ0v) is 9.40.